The Morgan fingerprint density at radius 3 is 1.85 bits per heavy atom. The Morgan fingerprint density at radius 2 is 1.33 bits per heavy atom. The fraction of sp³-hybridized carbons (Fsp3) is 0.195. The number of nitrogens with two attached hydrogens (primary N) is 1. The standard InChI is InChI=1S/C22H19N5O2.C15H12ClN3O.C4H8O.Na.H/c1-2-29-15-9-10-19-17(12-15)22(26-18-8-4-3-7-16(18)20(23)28)27-21(25-19)14-6-5-11-24-13-14;1-2-20-11-5-6-13-12(8-11)14(16)19-15(18-13)10-4-3-7-17-9-10;1-2-4-5-3-1;;/h3-13H,2H2,1H3,(H2,23,28)(H,25,26,27);3-9H,2H2,1H3;1-4H2;;/q;;;+1;-1. The molecule has 0 atom stereocenters. The second-order valence-corrected chi connectivity index (χ2v) is 12.2. The number of hydrogen-bond acceptors (Lipinski definition) is 11. The van der Waals surface area contributed by atoms with Crippen LogP contribution in [0.25, 0.3) is 44.6 Å². The predicted octanol–water partition coefficient (Wildman–Crippen LogP) is 5.59. The van der Waals surface area contributed by atoms with Crippen LogP contribution in [0.5, 0.6) is 11.5 Å². The Hall–Kier alpha value is -5.24. The number of nitrogens with zero attached hydrogens (tertiary/aromatic N) is 6. The van der Waals surface area contributed by atoms with Crippen LogP contribution < -0.4 is 50.1 Å². The van der Waals surface area contributed by atoms with Gasteiger partial charge in [-0.2, -0.15) is 0 Å². The predicted molar refractivity (Wildman–Crippen MR) is 212 cm³/mol. The van der Waals surface area contributed by atoms with Crippen LogP contribution >= 0.6 is 11.6 Å². The van der Waals surface area contributed by atoms with Crippen molar-refractivity contribution in [2.24, 2.45) is 5.73 Å². The molecule has 14 heteroatoms. The largest absolute Gasteiger partial charge is 1.00 e. The van der Waals surface area contributed by atoms with Gasteiger partial charge in [-0.15, -0.1) is 0 Å². The molecule has 1 aliphatic heterocycles. The smallest absolute Gasteiger partial charge is 1.00 e. The molecule has 1 amide bonds. The summed E-state index contributed by atoms with van der Waals surface area (Å²) in [5.41, 5.74) is 9.62. The maximum Gasteiger partial charge on any atom is 1.00 e. The van der Waals surface area contributed by atoms with E-state index in [-0.39, 0.29) is 31.0 Å². The summed E-state index contributed by atoms with van der Waals surface area (Å²) in [7, 11) is 0. The average Bonchev–Trinajstić information content (AvgIpc) is 3.80. The van der Waals surface area contributed by atoms with Crippen LogP contribution in [-0.4, -0.2) is 62.2 Å². The monoisotopic (exact) mass is 766 g/mol. The second-order valence-electron chi connectivity index (χ2n) is 11.8. The molecule has 276 valence electrons. The molecule has 3 aromatic carbocycles. The van der Waals surface area contributed by atoms with E-state index in [1.54, 1.807) is 43.0 Å². The van der Waals surface area contributed by atoms with E-state index in [0.29, 0.717) is 52.8 Å². The maximum absolute atomic E-state index is 11.8. The van der Waals surface area contributed by atoms with Crippen LogP contribution in [0.3, 0.4) is 0 Å². The first kappa shape index (κ1) is 40.9. The number of halogens is 1. The van der Waals surface area contributed by atoms with Gasteiger partial charge in [0.05, 0.1) is 35.5 Å². The molecular formula is C41H40ClN8NaO4. The zero-order valence-corrected chi connectivity index (χ0v) is 33.7. The number of carbonyl (C=O) groups excluding carboxylic acids is 1. The Labute approximate surface area is 347 Å². The third-order valence-electron chi connectivity index (χ3n) is 8.02. The summed E-state index contributed by atoms with van der Waals surface area (Å²) in [5, 5.41) is 5.21. The summed E-state index contributed by atoms with van der Waals surface area (Å²) in [4.78, 5) is 38.3. The number of primary amides is 1. The van der Waals surface area contributed by atoms with E-state index in [9.17, 15) is 4.79 Å². The number of ether oxygens (including phenoxy) is 3. The van der Waals surface area contributed by atoms with Crippen molar-refractivity contribution < 1.29 is 50.0 Å². The van der Waals surface area contributed by atoms with E-state index >= 15 is 0 Å². The molecule has 4 aromatic heterocycles. The molecule has 5 heterocycles. The molecule has 0 spiro atoms. The third-order valence-corrected chi connectivity index (χ3v) is 8.31. The van der Waals surface area contributed by atoms with Gasteiger partial charge in [0.15, 0.2) is 11.6 Å². The number of anilines is 2. The van der Waals surface area contributed by atoms with E-state index in [1.165, 1.54) is 12.8 Å². The summed E-state index contributed by atoms with van der Waals surface area (Å²) in [6.07, 6.45) is 9.38. The minimum atomic E-state index is -0.519. The average molecular weight is 767 g/mol. The number of hydrogen-bond donors (Lipinski definition) is 2. The minimum absolute atomic E-state index is 0. The van der Waals surface area contributed by atoms with Crippen molar-refractivity contribution in [1.29, 1.82) is 0 Å². The van der Waals surface area contributed by atoms with Gasteiger partial charge >= 0.3 is 29.6 Å². The van der Waals surface area contributed by atoms with Crippen molar-refractivity contribution in [3.63, 3.8) is 0 Å². The van der Waals surface area contributed by atoms with Gasteiger partial charge in [0, 0.05) is 59.9 Å². The van der Waals surface area contributed by atoms with Crippen molar-refractivity contribution in [3.05, 3.63) is 120 Å². The van der Waals surface area contributed by atoms with Gasteiger partial charge in [0.2, 0.25) is 0 Å². The summed E-state index contributed by atoms with van der Waals surface area (Å²) >= 11 is 6.26. The number of para-hydroxylation sites is 1. The molecule has 0 bridgehead atoms. The van der Waals surface area contributed by atoms with Gasteiger partial charge < -0.3 is 26.7 Å². The minimum Gasteiger partial charge on any atom is -1.00 e. The zero-order chi connectivity index (χ0) is 37.7. The van der Waals surface area contributed by atoms with Gasteiger partial charge in [-0.25, -0.2) is 19.9 Å². The molecule has 12 nitrogen and oxygen atoms in total. The van der Waals surface area contributed by atoms with Gasteiger partial charge in [-0.1, -0.05) is 23.7 Å². The molecule has 0 aliphatic carbocycles. The number of fused-ring (bicyclic) bond motifs is 2. The van der Waals surface area contributed by atoms with E-state index in [0.717, 1.165) is 51.9 Å². The van der Waals surface area contributed by atoms with Crippen LogP contribution in [0, 0.1) is 0 Å². The molecule has 55 heavy (non-hydrogen) atoms. The first-order valence-corrected chi connectivity index (χ1v) is 17.9. The van der Waals surface area contributed by atoms with Crippen molar-refractivity contribution >= 4 is 50.8 Å². The van der Waals surface area contributed by atoms with Crippen molar-refractivity contribution in [2.45, 2.75) is 26.7 Å². The second kappa shape index (κ2) is 20.4. The Balaban J connectivity index is 0.000000224. The van der Waals surface area contributed by atoms with E-state index in [2.05, 4.69) is 30.2 Å². The van der Waals surface area contributed by atoms with E-state index < -0.39 is 5.91 Å². The molecule has 3 N–H and O–H groups in total. The topological polar surface area (TPSA) is 160 Å². The number of aromatic nitrogens is 6. The number of rotatable bonds is 9. The fourth-order valence-corrected chi connectivity index (χ4v) is 5.71. The van der Waals surface area contributed by atoms with E-state index in [1.807, 2.05) is 80.6 Å². The molecule has 1 saturated heterocycles. The third kappa shape index (κ3) is 10.9. The summed E-state index contributed by atoms with van der Waals surface area (Å²) in [5.74, 6) is 2.59. The SMILES string of the molecule is C1CCOC1.CCOc1ccc2nc(-c3cccnc3)nc(Cl)c2c1.CCOc1ccc2nc(-c3cccnc3)nc(Nc3ccccc3C(N)=O)c2c1.[H-].[Na+]. The number of nitrogens with one attached hydrogen (secondary N) is 1. The van der Waals surface area contributed by atoms with Crippen LogP contribution in [-0.2, 0) is 4.74 Å². The first-order valence-electron chi connectivity index (χ1n) is 17.5. The zero-order valence-electron chi connectivity index (χ0n) is 31.9. The molecule has 0 saturated carbocycles. The fourth-order valence-electron chi connectivity index (χ4n) is 5.48. The van der Waals surface area contributed by atoms with Crippen LogP contribution in [0.1, 0.15) is 38.5 Å². The van der Waals surface area contributed by atoms with Gasteiger partial charge in [0.1, 0.15) is 22.5 Å². The molecular weight excluding hydrogens is 727 g/mol. The van der Waals surface area contributed by atoms with Crippen molar-refractivity contribution in [2.75, 3.05) is 31.7 Å². The summed E-state index contributed by atoms with van der Waals surface area (Å²) in [6.45, 7) is 7.02. The van der Waals surface area contributed by atoms with Gasteiger partial charge in [-0.3, -0.25) is 14.8 Å². The summed E-state index contributed by atoms with van der Waals surface area (Å²) in [6, 6.07) is 25.7. The van der Waals surface area contributed by atoms with Crippen LogP contribution in [0.15, 0.2) is 110 Å². The molecule has 8 rings (SSSR count). The van der Waals surface area contributed by atoms with Gasteiger partial charge in [0.25, 0.3) is 5.91 Å². The van der Waals surface area contributed by atoms with Gasteiger partial charge in [-0.05, 0) is 99.5 Å². The quantitative estimate of drug-likeness (QED) is 0.139. The Bertz CT molecular complexity index is 2330. The molecule has 1 fully saturated rings. The van der Waals surface area contributed by atoms with Crippen LogP contribution in [0.4, 0.5) is 11.5 Å². The maximum atomic E-state index is 11.8. The van der Waals surface area contributed by atoms with Crippen molar-refractivity contribution in [3.8, 4) is 34.3 Å². The molecule has 0 radical (unpaired) electrons. The molecule has 0 unspecified atom stereocenters. The normalized spacial score (nSPS) is 11.7. The molecule has 7 aromatic rings. The number of carbonyl (C=O) groups is 1. The Morgan fingerprint density at radius 1 is 0.764 bits per heavy atom. The van der Waals surface area contributed by atoms with Crippen molar-refractivity contribution in [1.82, 2.24) is 29.9 Å². The number of amides is 1. The molecule has 1 aliphatic rings. The number of pyridine rings is 2. The first-order chi connectivity index (χ1) is 26.4. The van der Waals surface area contributed by atoms with Crippen LogP contribution in [0.2, 0.25) is 5.15 Å². The summed E-state index contributed by atoms with van der Waals surface area (Å²) < 4.78 is 16.0. The Kier molecular flexibility index (Phi) is 15.2. The van der Waals surface area contributed by atoms with E-state index in [4.69, 9.17) is 36.5 Å². The number of benzene rings is 3.